The van der Waals surface area contributed by atoms with E-state index in [1.165, 1.54) is 5.39 Å². The van der Waals surface area contributed by atoms with Crippen molar-refractivity contribution in [1.82, 2.24) is 29.1 Å². The zero-order chi connectivity index (χ0) is 49.8. The number of aromatic nitrogens is 6. The summed E-state index contributed by atoms with van der Waals surface area (Å²) in [6.07, 6.45) is 1.98. The minimum absolute atomic E-state index is 0.495. The fraction of sp³-hybridized carbons (Fsp3) is 0. The van der Waals surface area contributed by atoms with Crippen LogP contribution in [-0.2, 0) is 0 Å². The molecule has 76 heavy (non-hydrogen) atoms. The highest BCUT2D eigenvalue weighted by atomic mass is 16.3. The second-order valence-corrected chi connectivity index (χ2v) is 19.3. The van der Waals surface area contributed by atoms with E-state index in [4.69, 9.17) is 28.8 Å². The Morgan fingerprint density at radius 3 is 1.26 bits per heavy atom. The van der Waals surface area contributed by atoms with E-state index in [-0.39, 0.29) is 0 Å². The fourth-order valence-electron chi connectivity index (χ4n) is 11.7. The molecule has 0 aliphatic heterocycles. The van der Waals surface area contributed by atoms with Gasteiger partial charge in [0, 0.05) is 101 Å². The summed E-state index contributed by atoms with van der Waals surface area (Å²) in [7, 11) is 0. The van der Waals surface area contributed by atoms with Crippen molar-refractivity contribution in [3.8, 4) is 67.9 Å². The average Bonchev–Trinajstić information content (AvgIpc) is 4.41. The van der Waals surface area contributed by atoms with E-state index in [0.717, 1.165) is 127 Å². The number of furan rings is 2. The van der Waals surface area contributed by atoms with Crippen molar-refractivity contribution in [2.75, 3.05) is 0 Å². The topological polar surface area (TPSA) is 87.7 Å². The highest BCUT2D eigenvalue weighted by Gasteiger charge is 2.25. The molecule has 0 spiro atoms. The number of para-hydroxylation sites is 4. The van der Waals surface area contributed by atoms with Gasteiger partial charge >= 0.3 is 0 Å². The summed E-state index contributed by atoms with van der Waals surface area (Å²) in [5.41, 5.74) is 15.7. The van der Waals surface area contributed by atoms with Crippen LogP contribution in [0.25, 0.3) is 155 Å². The van der Waals surface area contributed by atoms with Crippen LogP contribution >= 0.6 is 0 Å². The van der Waals surface area contributed by atoms with Crippen LogP contribution in [0.1, 0.15) is 0 Å². The third kappa shape index (κ3) is 6.44. The molecule has 8 heteroatoms. The van der Waals surface area contributed by atoms with Crippen LogP contribution in [-0.4, -0.2) is 29.1 Å². The summed E-state index contributed by atoms with van der Waals surface area (Å²) in [6, 6.07) is 82.1. The molecule has 10 aromatic carbocycles. The minimum Gasteiger partial charge on any atom is -0.456 e. The lowest BCUT2D eigenvalue weighted by atomic mass is 9.95. The first-order chi connectivity index (χ1) is 37.7. The van der Waals surface area contributed by atoms with Crippen molar-refractivity contribution in [3.05, 3.63) is 243 Å². The Kier molecular flexibility index (Phi) is 9.17. The van der Waals surface area contributed by atoms with Gasteiger partial charge in [0.15, 0.2) is 17.5 Å². The first-order valence-electron chi connectivity index (χ1n) is 25.4. The predicted molar refractivity (Wildman–Crippen MR) is 308 cm³/mol. The highest BCUT2D eigenvalue weighted by Crippen LogP contribution is 2.46. The van der Waals surface area contributed by atoms with Crippen molar-refractivity contribution in [2.45, 2.75) is 0 Å². The number of nitrogens with zero attached hydrogens (tertiary/aromatic N) is 6. The first kappa shape index (κ1) is 42.1. The zero-order valence-electron chi connectivity index (χ0n) is 40.6. The van der Waals surface area contributed by atoms with Crippen LogP contribution in [0.3, 0.4) is 0 Å². The molecule has 8 nitrogen and oxygen atoms in total. The number of pyridine rings is 1. The monoisotopic (exact) mass is 972 g/mol. The lowest BCUT2D eigenvalue weighted by molar-refractivity contribution is 0.669. The Morgan fingerprint density at radius 2 is 0.737 bits per heavy atom. The first-order valence-corrected chi connectivity index (χ1v) is 25.4. The maximum absolute atomic E-state index is 6.87. The molecule has 0 N–H and O–H groups in total. The Bertz CT molecular complexity index is 4920. The smallest absolute Gasteiger partial charge is 0.166 e. The van der Waals surface area contributed by atoms with Crippen LogP contribution in [0.5, 0.6) is 0 Å². The van der Waals surface area contributed by atoms with Gasteiger partial charge in [-0.2, -0.15) is 0 Å². The fourth-order valence-corrected chi connectivity index (χ4v) is 11.7. The second kappa shape index (κ2) is 16.5. The van der Waals surface area contributed by atoms with Gasteiger partial charge in [-0.25, -0.2) is 15.0 Å². The van der Waals surface area contributed by atoms with Gasteiger partial charge in [-0.3, -0.25) is 4.98 Å². The lowest BCUT2D eigenvalue weighted by Crippen LogP contribution is -2.02. The Hall–Kier alpha value is -10.4. The molecular weight excluding hydrogens is 933 g/mol. The van der Waals surface area contributed by atoms with Gasteiger partial charge in [0.2, 0.25) is 0 Å². The van der Waals surface area contributed by atoms with Gasteiger partial charge in [0.05, 0.1) is 27.8 Å². The summed E-state index contributed by atoms with van der Waals surface area (Å²) >= 11 is 0. The molecule has 0 saturated carbocycles. The normalized spacial score (nSPS) is 11.9. The summed E-state index contributed by atoms with van der Waals surface area (Å²) in [5.74, 6) is 1.62. The quantitative estimate of drug-likeness (QED) is 0.158. The molecule has 0 radical (unpaired) electrons. The molecule has 0 aliphatic carbocycles. The van der Waals surface area contributed by atoms with E-state index in [1.807, 2.05) is 79.0 Å². The molecule has 0 unspecified atom stereocenters. The van der Waals surface area contributed by atoms with Gasteiger partial charge < -0.3 is 18.0 Å². The Labute approximate surface area is 434 Å². The number of hydrogen-bond donors (Lipinski definition) is 0. The third-order valence-electron chi connectivity index (χ3n) is 15.0. The van der Waals surface area contributed by atoms with Gasteiger partial charge in [-0.05, 0) is 72.3 Å². The van der Waals surface area contributed by atoms with E-state index < -0.39 is 0 Å². The standard InChI is InChI=1S/C68H40N6O2/c1-5-19-41(20-6-1)66-70-67(42-21-7-2-8-22-42)72-68(71-66)54-35-43(46-29-17-33-59-63(46)52-36-50-47-27-13-15-31-55(47)73(44-23-9-3-10-24-44)57(50)38-61(52)75-59)40-69-65(54)49-30-18-34-60-64(49)53-37-51-48-28-14-16-32-56(48)74(45-25-11-4-12-26-45)58(51)39-62(53)76-60/h1-40H. The molecule has 6 aromatic heterocycles. The van der Waals surface area contributed by atoms with Crippen LogP contribution in [0.2, 0.25) is 0 Å². The summed E-state index contributed by atoms with van der Waals surface area (Å²) < 4.78 is 18.3. The second-order valence-electron chi connectivity index (χ2n) is 19.3. The van der Waals surface area contributed by atoms with E-state index >= 15 is 0 Å². The van der Waals surface area contributed by atoms with Crippen LogP contribution < -0.4 is 0 Å². The molecule has 16 rings (SSSR count). The Morgan fingerprint density at radius 1 is 0.289 bits per heavy atom. The minimum atomic E-state index is 0.495. The lowest BCUT2D eigenvalue weighted by Gasteiger charge is -2.14. The number of hydrogen-bond acceptors (Lipinski definition) is 6. The summed E-state index contributed by atoms with van der Waals surface area (Å²) in [4.78, 5) is 21.3. The molecule has 0 bridgehead atoms. The molecule has 0 atom stereocenters. The molecule has 0 saturated heterocycles. The molecule has 0 fully saturated rings. The van der Waals surface area contributed by atoms with Crippen molar-refractivity contribution in [2.24, 2.45) is 0 Å². The maximum atomic E-state index is 6.87. The van der Waals surface area contributed by atoms with E-state index in [2.05, 4.69) is 173 Å². The number of benzene rings is 10. The number of rotatable bonds is 7. The predicted octanol–water partition coefficient (Wildman–Crippen LogP) is 17.6. The van der Waals surface area contributed by atoms with Gasteiger partial charge in [-0.1, -0.05) is 158 Å². The van der Waals surface area contributed by atoms with E-state index in [0.29, 0.717) is 23.2 Å². The molecule has 6 heterocycles. The molecule has 354 valence electrons. The van der Waals surface area contributed by atoms with Gasteiger partial charge in [0.1, 0.15) is 22.3 Å². The molecular formula is C68H40N6O2. The van der Waals surface area contributed by atoms with E-state index in [9.17, 15) is 0 Å². The van der Waals surface area contributed by atoms with Crippen LogP contribution in [0.15, 0.2) is 252 Å². The third-order valence-corrected chi connectivity index (χ3v) is 15.0. The molecule has 0 amide bonds. The van der Waals surface area contributed by atoms with E-state index in [1.54, 1.807) is 0 Å². The maximum Gasteiger partial charge on any atom is 0.166 e. The highest BCUT2D eigenvalue weighted by molar-refractivity contribution is 6.22. The van der Waals surface area contributed by atoms with Crippen molar-refractivity contribution in [1.29, 1.82) is 0 Å². The van der Waals surface area contributed by atoms with Gasteiger partial charge in [0.25, 0.3) is 0 Å². The largest absolute Gasteiger partial charge is 0.456 e. The number of fused-ring (bicyclic) bond motifs is 12. The van der Waals surface area contributed by atoms with Crippen LogP contribution in [0.4, 0.5) is 0 Å². The zero-order valence-corrected chi connectivity index (χ0v) is 40.6. The van der Waals surface area contributed by atoms with Crippen molar-refractivity contribution in [3.63, 3.8) is 0 Å². The van der Waals surface area contributed by atoms with Crippen molar-refractivity contribution >= 4 is 87.5 Å². The molecule has 16 aromatic rings. The summed E-state index contributed by atoms with van der Waals surface area (Å²) in [5, 5.41) is 8.58. The molecule has 0 aliphatic rings. The van der Waals surface area contributed by atoms with Crippen molar-refractivity contribution < 1.29 is 8.83 Å². The van der Waals surface area contributed by atoms with Crippen LogP contribution in [0, 0.1) is 0 Å². The average molecular weight is 973 g/mol. The Balaban J connectivity index is 0.961. The van der Waals surface area contributed by atoms with Gasteiger partial charge in [-0.15, -0.1) is 0 Å². The SMILES string of the molecule is c1ccc(-c2nc(-c3ccccc3)nc(-c3cc(-c4cccc5oc6cc7c(cc6c45)c4ccccc4n7-c4ccccc4)cnc3-c3cccc4oc5cc6c(cc5c34)c3ccccc3n6-c3ccccc3)n2)cc1. The summed E-state index contributed by atoms with van der Waals surface area (Å²) in [6.45, 7) is 0.